The average Bonchev–Trinajstić information content (AvgIpc) is 2.85. The fourth-order valence-electron chi connectivity index (χ4n) is 3.00. The van der Waals surface area contributed by atoms with Crippen LogP contribution >= 0.6 is 0 Å². The van der Waals surface area contributed by atoms with E-state index in [1.54, 1.807) is 45.0 Å². The Morgan fingerprint density at radius 3 is 1.85 bits per heavy atom. The molecular formula is C27H41N5O8. The largest absolute Gasteiger partial charge is 0.458 e. The Bertz CT molecular complexity index is 1070. The van der Waals surface area contributed by atoms with Gasteiger partial charge in [-0.25, -0.2) is 9.59 Å². The average molecular weight is 564 g/mol. The fourth-order valence-corrected chi connectivity index (χ4v) is 3.00. The Kier molecular flexibility index (Phi) is 12.6. The van der Waals surface area contributed by atoms with Crippen LogP contribution in [-0.2, 0) is 40.1 Å². The van der Waals surface area contributed by atoms with Crippen LogP contribution < -0.4 is 26.6 Å². The molecule has 3 atom stereocenters. The molecule has 0 fully saturated rings. The summed E-state index contributed by atoms with van der Waals surface area (Å²) < 4.78 is 10.3. The smallest absolute Gasteiger partial charge is 0.408 e. The van der Waals surface area contributed by atoms with E-state index in [0.29, 0.717) is 0 Å². The zero-order chi connectivity index (χ0) is 30.7. The van der Waals surface area contributed by atoms with E-state index in [0.717, 1.165) is 5.56 Å². The summed E-state index contributed by atoms with van der Waals surface area (Å²) in [6.45, 7) is 11.8. The number of hydrogen-bond donors (Lipinski definition) is 5. The number of benzene rings is 1. The number of esters is 1. The minimum Gasteiger partial charge on any atom is -0.458 e. The van der Waals surface area contributed by atoms with Crippen molar-refractivity contribution in [2.75, 3.05) is 6.54 Å². The molecule has 0 saturated carbocycles. The molecule has 0 aliphatic heterocycles. The molecular weight excluding hydrogens is 522 g/mol. The number of alkyl carbamates (subject to hydrolysis) is 1. The molecule has 0 aromatic heterocycles. The highest BCUT2D eigenvalue weighted by Gasteiger charge is 2.31. The highest BCUT2D eigenvalue weighted by atomic mass is 16.6. The number of hydrogen-bond acceptors (Lipinski definition) is 8. The molecule has 0 spiro atoms. The molecule has 40 heavy (non-hydrogen) atoms. The van der Waals surface area contributed by atoms with Gasteiger partial charge in [-0.15, -0.1) is 0 Å². The van der Waals surface area contributed by atoms with E-state index in [1.807, 2.05) is 6.07 Å². The molecule has 0 aliphatic rings. The van der Waals surface area contributed by atoms with Crippen molar-refractivity contribution in [1.29, 1.82) is 0 Å². The van der Waals surface area contributed by atoms with Gasteiger partial charge in [0.2, 0.25) is 23.6 Å². The van der Waals surface area contributed by atoms with E-state index in [1.165, 1.54) is 34.6 Å². The van der Waals surface area contributed by atoms with Gasteiger partial charge in [0.1, 0.15) is 35.9 Å². The summed E-state index contributed by atoms with van der Waals surface area (Å²) in [6, 6.07) is 6.02. The van der Waals surface area contributed by atoms with Crippen molar-refractivity contribution in [3.05, 3.63) is 35.9 Å². The number of rotatable bonds is 12. The summed E-state index contributed by atoms with van der Waals surface area (Å²) in [5.41, 5.74) is -1.33. The molecule has 0 saturated heterocycles. The quantitative estimate of drug-likeness (QED) is 0.230. The van der Waals surface area contributed by atoms with Crippen LogP contribution in [0.15, 0.2) is 30.3 Å². The first-order valence-corrected chi connectivity index (χ1v) is 12.8. The first-order chi connectivity index (χ1) is 18.4. The molecule has 0 aliphatic carbocycles. The molecule has 1 aromatic carbocycles. The van der Waals surface area contributed by atoms with Crippen molar-refractivity contribution in [2.24, 2.45) is 0 Å². The molecule has 0 heterocycles. The van der Waals surface area contributed by atoms with E-state index in [2.05, 4.69) is 26.6 Å². The Morgan fingerprint density at radius 1 is 0.775 bits per heavy atom. The lowest BCUT2D eigenvalue weighted by Crippen LogP contribution is -2.57. The fraction of sp³-hybridized carbons (Fsp3) is 0.556. The SMILES string of the molecule is C[C@H](NC(=O)CNC(=O)C(C)(C)NC(=O)OCc1ccccc1)C(=O)N[C@@H](C)C(=O)N[C@@H](C)C(=O)OC(C)(C)C. The van der Waals surface area contributed by atoms with Crippen LogP contribution in [0.4, 0.5) is 4.79 Å². The second-order valence-corrected chi connectivity index (χ2v) is 10.8. The van der Waals surface area contributed by atoms with Gasteiger partial charge in [-0.2, -0.15) is 0 Å². The van der Waals surface area contributed by atoms with Crippen molar-refractivity contribution in [1.82, 2.24) is 26.6 Å². The van der Waals surface area contributed by atoms with Crippen LogP contribution in [0.2, 0.25) is 0 Å². The summed E-state index contributed by atoms with van der Waals surface area (Å²) in [7, 11) is 0. The molecule has 0 bridgehead atoms. The van der Waals surface area contributed by atoms with Gasteiger partial charge in [0.25, 0.3) is 0 Å². The summed E-state index contributed by atoms with van der Waals surface area (Å²) in [6.07, 6.45) is -0.808. The minimum absolute atomic E-state index is 0.0236. The van der Waals surface area contributed by atoms with Crippen LogP contribution in [0, 0.1) is 0 Å². The van der Waals surface area contributed by atoms with Crippen molar-refractivity contribution < 1.29 is 38.2 Å². The zero-order valence-corrected chi connectivity index (χ0v) is 24.3. The van der Waals surface area contributed by atoms with Crippen molar-refractivity contribution in [3.8, 4) is 0 Å². The van der Waals surface area contributed by atoms with Crippen LogP contribution in [-0.4, -0.2) is 71.5 Å². The molecule has 5 N–H and O–H groups in total. The lowest BCUT2D eigenvalue weighted by Gasteiger charge is -2.25. The zero-order valence-electron chi connectivity index (χ0n) is 24.3. The Morgan fingerprint density at radius 2 is 1.30 bits per heavy atom. The van der Waals surface area contributed by atoms with E-state index < -0.39 is 71.5 Å². The first kappa shape index (κ1) is 33.9. The maximum atomic E-state index is 12.5. The third-order valence-corrected chi connectivity index (χ3v) is 5.25. The molecule has 5 amide bonds. The van der Waals surface area contributed by atoms with E-state index in [4.69, 9.17) is 9.47 Å². The Balaban J connectivity index is 2.45. The number of amides is 5. The van der Waals surface area contributed by atoms with Gasteiger partial charge in [-0.3, -0.25) is 19.2 Å². The van der Waals surface area contributed by atoms with Crippen LogP contribution in [0.3, 0.4) is 0 Å². The predicted octanol–water partition coefficient (Wildman–Crippen LogP) is 0.663. The van der Waals surface area contributed by atoms with E-state index in [9.17, 15) is 28.8 Å². The summed E-state index contributed by atoms with van der Waals surface area (Å²) in [5.74, 6) is -3.22. The normalized spacial score (nSPS) is 13.5. The minimum atomic E-state index is -1.39. The maximum absolute atomic E-state index is 12.5. The lowest BCUT2D eigenvalue weighted by molar-refractivity contribution is -0.158. The standard InChI is InChI=1S/C27H41N5O8/c1-16(21(34)30-17(2)22(35)31-18(3)23(36)40-26(4,5)6)29-20(33)14-28-24(37)27(7,8)32-25(38)39-15-19-12-10-9-11-13-19/h9-13,16-18H,14-15H2,1-8H3,(H,28,37)(H,29,33)(H,30,34)(H,31,35)(H,32,38)/t16-,17-,18-/m0/s1. The van der Waals surface area contributed by atoms with Gasteiger partial charge >= 0.3 is 12.1 Å². The molecule has 0 unspecified atom stereocenters. The molecule has 13 heteroatoms. The number of ether oxygens (including phenoxy) is 2. The number of carbonyl (C=O) groups excluding carboxylic acids is 6. The van der Waals surface area contributed by atoms with Crippen molar-refractivity contribution in [2.45, 2.75) is 91.3 Å². The van der Waals surface area contributed by atoms with Gasteiger partial charge in [0.15, 0.2) is 0 Å². The van der Waals surface area contributed by atoms with Crippen LogP contribution in [0.5, 0.6) is 0 Å². The lowest BCUT2D eigenvalue weighted by atomic mass is 10.1. The van der Waals surface area contributed by atoms with Crippen molar-refractivity contribution >= 4 is 35.7 Å². The first-order valence-electron chi connectivity index (χ1n) is 12.8. The summed E-state index contributed by atoms with van der Waals surface area (Å²) in [5, 5.41) is 12.1. The third kappa shape index (κ3) is 12.6. The Hall–Kier alpha value is -4.16. The van der Waals surface area contributed by atoms with Crippen LogP contribution in [0.25, 0.3) is 0 Å². The second-order valence-electron chi connectivity index (χ2n) is 10.8. The van der Waals surface area contributed by atoms with E-state index >= 15 is 0 Å². The second kappa shape index (κ2) is 14.8. The van der Waals surface area contributed by atoms with E-state index in [-0.39, 0.29) is 6.61 Å². The van der Waals surface area contributed by atoms with Gasteiger partial charge in [-0.1, -0.05) is 30.3 Å². The predicted molar refractivity (Wildman–Crippen MR) is 146 cm³/mol. The summed E-state index contributed by atoms with van der Waals surface area (Å²) in [4.78, 5) is 73.7. The monoisotopic (exact) mass is 563 g/mol. The van der Waals surface area contributed by atoms with Gasteiger partial charge in [-0.05, 0) is 61.0 Å². The molecule has 1 rings (SSSR count). The molecule has 13 nitrogen and oxygen atoms in total. The third-order valence-electron chi connectivity index (χ3n) is 5.25. The highest BCUT2D eigenvalue weighted by Crippen LogP contribution is 2.08. The van der Waals surface area contributed by atoms with Crippen molar-refractivity contribution in [3.63, 3.8) is 0 Å². The molecule has 1 aromatic rings. The van der Waals surface area contributed by atoms with Gasteiger partial charge in [0.05, 0.1) is 6.54 Å². The molecule has 222 valence electrons. The Labute approximate surface area is 234 Å². The maximum Gasteiger partial charge on any atom is 0.408 e. The van der Waals surface area contributed by atoms with Gasteiger partial charge < -0.3 is 36.1 Å². The topological polar surface area (TPSA) is 181 Å². The molecule has 0 radical (unpaired) electrons. The highest BCUT2D eigenvalue weighted by molar-refractivity contribution is 5.95. The summed E-state index contributed by atoms with van der Waals surface area (Å²) >= 11 is 0. The number of carbonyl (C=O) groups is 6. The number of nitrogens with one attached hydrogen (secondary N) is 5. The van der Waals surface area contributed by atoms with Crippen LogP contribution in [0.1, 0.15) is 61.0 Å². The van der Waals surface area contributed by atoms with Gasteiger partial charge in [0, 0.05) is 0 Å².